The smallest absolute Gasteiger partial charge is 0.414 e. The summed E-state index contributed by atoms with van der Waals surface area (Å²) < 4.78 is 5.03. The van der Waals surface area contributed by atoms with Crippen LogP contribution in [0.5, 0.6) is 0 Å². The molecule has 0 bridgehead atoms. The molecule has 2 aromatic carbocycles. The van der Waals surface area contributed by atoms with E-state index in [2.05, 4.69) is 29.6 Å². The van der Waals surface area contributed by atoms with Crippen LogP contribution in [0.15, 0.2) is 54.6 Å². The van der Waals surface area contributed by atoms with E-state index in [1.807, 2.05) is 35.2 Å². The summed E-state index contributed by atoms with van der Waals surface area (Å²) in [4.78, 5) is 28.2. The Morgan fingerprint density at radius 1 is 0.964 bits per heavy atom. The number of ether oxygens (including phenoxy) is 1. The van der Waals surface area contributed by atoms with Gasteiger partial charge in [-0.2, -0.15) is 0 Å². The molecule has 1 atom stereocenters. The van der Waals surface area contributed by atoms with Gasteiger partial charge in [-0.3, -0.25) is 4.90 Å². The van der Waals surface area contributed by atoms with E-state index < -0.39 is 0 Å². The SMILES string of the molecule is O=C(Nc1ccccc1N1CCOC1=O)N1CCCC(c2ccccc2)CC1. The van der Waals surface area contributed by atoms with Crippen molar-refractivity contribution in [3.8, 4) is 0 Å². The van der Waals surface area contributed by atoms with Gasteiger partial charge in [0.15, 0.2) is 0 Å². The second kappa shape index (κ2) is 8.33. The number of amides is 3. The van der Waals surface area contributed by atoms with Gasteiger partial charge >= 0.3 is 12.1 Å². The van der Waals surface area contributed by atoms with Crippen LogP contribution in [-0.4, -0.2) is 43.3 Å². The molecule has 3 amide bonds. The zero-order valence-corrected chi connectivity index (χ0v) is 15.8. The molecule has 0 aliphatic carbocycles. The minimum atomic E-state index is -0.373. The zero-order chi connectivity index (χ0) is 19.3. The molecule has 1 N–H and O–H groups in total. The quantitative estimate of drug-likeness (QED) is 0.857. The van der Waals surface area contributed by atoms with Crippen molar-refractivity contribution in [3.63, 3.8) is 0 Å². The standard InChI is InChI=1S/C22H25N3O3/c26-21(23-19-10-4-5-11-20(19)25-15-16-28-22(25)27)24-13-6-9-18(12-14-24)17-7-2-1-3-8-17/h1-5,7-8,10-11,18H,6,9,12-16H2,(H,23,26). The molecule has 0 spiro atoms. The van der Waals surface area contributed by atoms with Gasteiger partial charge in [0.25, 0.3) is 0 Å². The number of hydrogen-bond acceptors (Lipinski definition) is 3. The van der Waals surface area contributed by atoms with Gasteiger partial charge in [-0.1, -0.05) is 42.5 Å². The first-order valence-corrected chi connectivity index (χ1v) is 9.86. The van der Waals surface area contributed by atoms with Crippen molar-refractivity contribution in [1.29, 1.82) is 0 Å². The molecule has 2 fully saturated rings. The third kappa shape index (κ3) is 3.96. The average Bonchev–Trinajstić information content (AvgIpc) is 3.00. The predicted molar refractivity (Wildman–Crippen MR) is 109 cm³/mol. The summed E-state index contributed by atoms with van der Waals surface area (Å²) in [6.07, 6.45) is 2.65. The normalized spacial score (nSPS) is 19.9. The summed E-state index contributed by atoms with van der Waals surface area (Å²) in [5.74, 6) is 0.491. The number of carbonyl (C=O) groups is 2. The summed E-state index contributed by atoms with van der Waals surface area (Å²) in [5.41, 5.74) is 2.66. The predicted octanol–water partition coefficient (Wildman–Crippen LogP) is 4.44. The summed E-state index contributed by atoms with van der Waals surface area (Å²) in [6.45, 7) is 2.32. The highest BCUT2D eigenvalue weighted by molar-refractivity contribution is 5.99. The Morgan fingerprint density at radius 3 is 2.54 bits per heavy atom. The second-order valence-corrected chi connectivity index (χ2v) is 7.24. The summed E-state index contributed by atoms with van der Waals surface area (Å²) in [6, 6.07) is 17.8. The van der Waals surface area contributed by atoms with Gasteiger partial charge in [-0.25, -0.2) is 9.59 Å². The molecule has 0 radical (unpaired) electrons. The number of nitrogens with one attached hydrogen (secondary N) is 1. The lowest BCUT2D eigenvalue weighted by Crippen LogP contribution is -2.36. The maximum Gasteiger partial charge on any atom is 0.414 e. The van der Waals surface area contributed by atoms with Crippen LogP contribution in [0, 0.1) is 0 Å². The number of urea groups is 1. The Morgan fingerprint density at radius 2 is 1.75 bits per heavy atom. The van der Waals surface area contributed by atoms with E-state index in [9.17, 15) is 9.59 Å². The third-order valence-electron chi connectivity index (χ3n) is 5.48. The first-order chi connectivity index (χ1) is 13.7. The van der Waals surface area contributed by atoms with Gasteiger partial charge in [0, 0.05) is 13.1 Å². The molecule has 2 aliphatic heterocycles. The number of hydrogen-bond donors (Lipinski definition) is 1. The van der Waals surface area contributed by atoms with Crippen LogP contribution in [0.1, 0.15) is 30.7 Å². The van der Waals surface area contributed by atoms with Crippen molar-refractivity contribution in [1.82, 2.24) is 4.90 Å². The monoisotopic (exact) mass is 379 g/mol. The molecule has 6 nitrogen and oxygen atoms in total. The fourth-order valence-electron chi connectivity index (χ4n) is 3.98. The molecular formula is C22H25N3O3. The highest BCUT2D eigenvalue weighted by atomic mass is 16.6. The van der Waals surface area contributed by atoms with Gasteiger partial charge in [0.1, 0.15) is 6.61 Å². The van der Waals surface area contributed by atoms with Crippen molar-refractivity contribution < 1.29 is 14.3 Å². The number of anilines is 2. The van der Waals surface area contributed by atoms with Gasteiger partial charge in [0.05, 0.1) is 17.9 Å². The first kappa shape index (κ1) is 18.3. The fourth-order valence-corrected chi connectivity index (χ4v) is 3.98. The second-order valence-electron chi connectivity index (χ2n) is 7.24. The highest BCUT2D eigenvalue weighted by Crippen LogP contribution is 2.30. The van der Waals surface area contributed by atoms with E-state index >= 15 is 0 Å². The molecule has 0 aromatic heterocycles. The molecule has 2 aromatic rings. The lowest BCUT2D eigenvalue weighted by molar-refractivity contribution is 0.181. The fraction of sp³-hybridized carbons (Fsp3) is 0.364. The van der Waals surface area contributed by atoms with Gasteiger partial charge in [0.2, 0.25) is 0 Å². The molecule has 2 heterocycles. The minimum Gasteiger partial charge on any atom is -0.447 e. The van der Waals surface area contributed by atoms with E-state index in [4.69, 9.17) is 4.74 Å². The highest BCUT2D eigenvalue weighted by Gasteiger charge is 2.27. The van der Waals surface area contributed by atoms with Crippen molar-refractivity contribution in [2.45, 2.75) is 25.2 Å². The number of likely N-dealkylation sites (tertiary alicyclic amines) is 1. The zero-order valence-electron chi connectivity index (χ0n) is 15.8. The molecule has 2 aliphatic rings. The van der Waals surface area contributed by atoms with Crippen LogP contribution >= 0.6 is 0 Å². The summed E-state index contributed by atoms with van der Waals surface area (Å²) in [5, 5.41) is 3.00. The Hall–Kier alpha value is -3.02. The summed E-state index contributed by atoms with van der Waals surface area (Å²) in [7, 11) is 0. The Kier molecular flexibility index (Phi) is 5.46. The average molecular weight is 379 g/mol. The van der Waals surface area contributed by atoms with Crippen LogP contribution in [0.4, 0.5) is 21.0 Å². The number of cyclic esters (lactones) is 1. The Labute approximate surface area is 165 Å². The van der Waals surface area contributed by atoms with Crippen LogP contribution in [-0.2, 0) is 4.74 Å². The molecule has 4 rings (SSSR count). The lowest BCUT2D eigenvalue weighted by Gasteiger charge is -2.23. The maximum absolute atomic E-state index is 12.9. The van der Waals surface area contributed by atoms with Crippen molar-refractivity contribution in [2.24, 2.45) is 0 Å². The molecule has 0 saturated carbocycles. The van der Waals surface area contributed by atoms with Crippen LogP contribution in [0.25, 0.3) is 0 Å². The Bertz CT molecular complexity index is 840. The molecule has 1 unspecified atom stereocenters. The first-order valence-electron chi connectivity index (χ1n) is 9.86. The van der Waals surface area contributed by atoms with Gasteiger partial charge in [-0.15, -0.1) is 0 Å². The van der Waals surface area contributed by atoms with Gasteiger partial charge < -0.3 is 15.0 Å². The van der Waals surface area contributed by atoms with E-state index in [1.165, 1.54) is 5.56 Å². The van der Waals surface area contributed by atoms with Crippen molar-refractivity contribution in [2.75, 3.05) is 36.5 Å². The van der Waals surface area contributed by atoms with E-state index in [0.717, 1.165) is 32.4 Å². The van der Waals surface area contributed by atoms with Crippen molar-refractivity contribution in [3.05, 3.63) is 60.2 Å². The van der Waals surface area contributed by atoms with Crippen LogP contribution in [0.2, 0.25) is 0 Å². The minimum absolute atomic E-state index is 0.117. The Balaban J connectivity index is 1.42. The maximum atomic E-state index is 12.9. The number of benzene rings is 2. The van der Waals surface area contributed by atoms with E-state index in [0.29, 0.717) is 30.4 Å². The van der Waals surface area contributed by atoms with Crippen molar-refractivity contribution >= 4 is 23.5 Å². The number of carbonyl (C=O) groups excluding carboxylic acids is 2. The molecule has 6 heteroatoms. The molecular weight excluding hydrogens is 354 g/mol. The number of nitrogens with zero attached hydrogens (tertiary/aromatic N) is 2. The number of para-hydroxylation sites is 2. The molecule has 146 valence electrons. The van der Waals surface area contributed by atoms with Crippen LogP contribution < -0.4 is 10.2 Å². The third-order valence-corrected chi connectivity index (χ3v) is 5.48. The largest absolute Gasteiger partial charge is 0.447 e. The molecule has 28 heavy (non-hydrogen) atoms. The molecule has 2 saturated heterocycles. The topological polar surface area (TPSA) is 61.9 Å². The lowest BCUT2D eigenvalue weighted by atomic mass is 9.92. The van der Waals surface area contributed by atoms with E-state index in [1.54, 1.807) is 4.90 Å². The van der Waals surface area contributed by atoms with E-state index in [-0.39, 0.29) is 12.1 Å². The van der Waals surface area contributed by atoms with Gasteiger partial charge in [-0.05, 0) is 42.9 Å². The summed E-state index contributed by atoms with van der Waals surface area (Å²) >= 11 is 0. The number of rotatable bonds is 3. The van der Waals surface area contributed by atoms with Crippen LogP contribution in [0.3, 0.4) is 0 Å².